The van der Waals surface area contributed by atoms with Gasteiger partial charge in [-0.2, -0.15) is 10.1 Å². The maximum atomic E-state index is 12.1. The Balaban J connectivity index is 1.32. The minimum atomic E-state index is -0.0913. The van der Waals surface area contributed by atoms with Crippen LogP contribution < -0.4 is 5.32 Å². The van der Waals surface area contributed by atoms with E-state index in [4.69, 9.17) is 4.52 Å². The molecule has 0 atom stereocenters. The Labute approximate surface area is 182 Å². The van der Waals surface area contributed by atoms with E-state index in [0.29, 0.717) is 18.1 Å². The van der Waals surface area contributed by atoms with Gasteiger partial charge < -0.3 is 9.84 Å². The van der Waals surface area contributed by atoms with E-state index in [2.05, 4.69) is 20.6 Å². The predicted octanol–water partition coefficient (Wildman–Crippen LogP) is 4.30. The van der Waals surface area contributed by atoms with Gasteiger partial charge in [0.2, 0.25) is 17.6 Å². The lowest BCUT2D eigenvalue weighted by molar-refractivity contribution is -0.120. The first kappa shape index (κ1) is 19.2. The van der Waals surface area contributed by atoms with E-state index in [-0.39, 0.29) is 12.5 Å². The number of hydrogen-bond acceptors (Lipinski definition) is 6. The number of hydrogen-bond donors (Lipinski definition) is 1. The second-order valence-corrected chi connectivity index (χ2v) is 8.14. The van der Waals surface area contributed by atoms with Crippen LogP contribution >= 0.6 is 11.3 Å². The lowest BCUT2D eigenvalue weighted by atomic mass is 10.1. The van der Waals surface area contributed by atoms with Gasteiger partial charge in [0.15, 0.2) is 0 Å². The number of fused-ring (bicyclic) bond motifs is 1. The minimum absolute atomic E-state index is 0.0913. The number of thiophene rings is 1. The number of carbonyl (C=O) groups is 1. The second-order valence-electron chi connectivity index (χ2n) is 7.11. The highest BCUT2D eigenvalue weighted by Gasteiger charge is 2.17. The number of nitrogens with one attached hydrogen (secondary N) is 1. The first-order valence-corrected chi connectivity index (χ1v) is 10.7. The number of rotatable bonds is 6. The SMILES string of the molecule is Cc1nn(-c2ccccc2)c2sc(-c3noc(CNC(=O)Cc4ccccc4)n3)cc12. The van der Waals surface area contributed by atoms with Gasteiger partial charge in [-0.05, 0) is 30.7 Å². The van der Waals surface area contributed by atoms with Gasteiger partial charge in [0.25, 0.3) is 0 Å². The Morgan fingerprint density at radius 1 is 1.10 bits per heavy atom. The van der Waals surface area contributed by atoms with Crippen molar-refractivity contribution in [1.29, 1.82) is 0 Å². The van der Waals surface area contributed by atoms with Crippen LogP contribution in [0, 0.1) is 6.92 Å². The molecule has 0 aliphatic heterocycles. The maximum Gasteiger partial charge on any atom is 0.246 e. The van der Waals surface area contributed by atoms with E-state index in [0.717, 1.165) is 32.0 Å². The van der Waals surface area contributed by atoms with Crippen molar-refractivity contribution < 1.29 is 9.32 Å². The molecule has 0 saturated heterocycles. The van der Waals surface area contributed by atoms with Crippen LogP contribution in [0.4, 0.5) is 0 Å². The van der Waals surface area contributed by atoms with Crippen LogP contribution in [0.5, 0.6) is 0 Å². The molecule has 3 heterocycles. The molecule has 3 aromatic heterocycles. The van der Waals surface area contributed by atoms with E-state index >= 15 is 0 Å². The molecule has 0 fully saturated rings. The lowest BCUT2D eigenvalue weighted by Gasteiger charge is -2.02. The zero-order chi connectivity index (χ0) is 21.2. The van der Waals surface area contributed by atoms with Gasteiger partial charge in [0.05, 0.1) is 29.2 Å². The summed E-state index contributed by atoms with van der Waals surface area (Å²) >= 11 is 1.56. The van der Waals surface area contributed by atoms with Crippen molar-refractivity contribution in [1.82, 2.24) is 25.2 Å². The number of para-hydroxylation sites is 1. The Morgan fingerprint density at radius 2 is 1.84 bits per heavy atom. The van der Waals surface area contributed by atoms with Crippen molar-refractivity contribution in [3.05, 3.63) is 83.9 Å². The highest BCUT2D eigenvalue weighted by molar-refractivity contribution is 7.21. The van der Waals surface area contributed by atoms with Gasteiger partial charge in [0, 0.05) is 5.39 Å². The van der Waals surface area contributed by atoms with Crippen LogP contribution in [0.25, 0.3) is 26.6 Å². The first-order valence-electron chi connectivity index (χ1n) is 9.85. The standard InChI is InChI=1S/C23H19N5O2S/c1-15-18-13-19(31-23(18)28(26-15)17-10-6-3-7-11-17)22-25-21(30-27-22)14-24-20(29)12-16-8-4-2-5-9-16/h2-11,13H,12,14H2,1H3,(H,24,29). The van der Waals surface area contributed by atoms with Gasteiger partial charge in [-0.3, -0.25) is 4.79 Å². The van der Waals surface area contributed by atoms with Gasteiger partial charge in [-0.15, -0.1) is 11.3 Å². The van der Waals surface area contributed by atoms with Crippen LogP contribution in [-0.4, -0.2) is 25.8 Å². The van der Waals surface area contributed by atoms with Crippen LogP contribution in [0.15, 0.2) is 71.3 Å². The van der Waals surface area contributed by atoms with Crippen LogP contribution in [0.1, 0.15) is 17.1 Å². The number of nitrogens with zero attached hydrogens (tertiary/aromatic N) is 4. The van der Waals surface area contributed by atoms with E-state index in [1.54, 1.807) is 11.3 Å². The second kappa shape index (κ2) is 8.16. The average Bonchev–Trinajstić information content (AvgIpc) is 3.50. The molecule has 0 saturated carbocycles. The summed E-state index contributed by atoms with van der Waals surface area (Å²) in [7, 11) is 0. The number of amides is 1. The van der Waals surface area contributed by atoms with Crippen LogP contribution in [0.2, 0.25) is 0 Å². The van der Waals surface area contributed by atoms with Crippen molar-refractivity contribution >= 4 is 27.5 Å². The highest BCUT2D eigenvalue weighted by Crippen LogP contribution is 2.35. The zero-order valence-corrected chi connectivity index (χ0v) is 17.6. The first-order chi connectivity index (χ1) is 15.2. The molecule has 8 heteroatoms. The molecule has 1 N–H and O–H groups in total. The fourth-order valence-electron chi connectivity index (χ4n) is 3.35. The molecule has 7 nitrogen and oxygen atoms in total. The Hall–Kier alpha value is -3.78. The van der Waals surface area contributed by atoms with Crippen LogP contribution in [0.3, 0.4) is 0 Å². The molecule has 154 valence electrons. The van der Waals surface area contributed by atoms with Crippen molar-refractivity contribution in [2.75, 3.05) is 0 Å². The van der Waals surface area contributed by atoms with Gasteiger partial charge in [-0.25, -0.2) is 4.68 Å². The molecule has 0 aliphatic carbocycles. The molecule has 0 unspecified atom stereocenters. The Bertz CT molecular complexity index is 1340. The molecule has 31 heavy (non-hydrogen) atoms. The van der Waals surface area contributed by atoms with E-state index in [9.17, 15) is 4.79 Å². The van der Waals surface area contributed by atoms with Gasteiger partial charge in [-0.1, -0.05) is 53.7 Å². The van der Waals surface area contributed by atoms with Crippen molar-refractivity contribution in [2.45, 2.75) is 19.9 Å². The summed E-state index contributed by atoms with van der Waals surface area (Å²) in [5, 5.41) is 12.6. The van der Waals surface area contributed by atoms with Crippen molar-refractivity contribution in [3.63, 3.8) is 0 Å². The molecule has 5 aromatic rings. The Kier molecular flexibility index (Phi) is 5.05. The van der Waals surface area contributed by atoms with Gasteiger partial charge in [0.1, 0.15) is 4.83 Å². The molecule has 5 rings (SSSR count). The summed E-state index contributed by atoms with van der Waals surface area (Å²) < 4.78 is 7.28. The fourth-order valence-corrected chi connectivity index (χ4v) is 4.45. The van der Waals surface area contributed by atoms with Crippen molar-refractivity contribution in [2.24, 2.45) is 0 Å². The lowest BCUT2D eigenvalue weighted by Crippen LogP contribution is -2.24. The number of benzene rings is 2. The third kappa shape index (κ3) is 3.97. The molecule has 0 spiro atoms. The predicted molar refractivity (Wildman–Crippen MR) is 119 cm³/mol. The van der Waals surface area contributed by atoms with Gasteiger partial charge >= 0.3 is 0 Å². The largest absolute Gasteiger partial charge is 0.347 e. The quantitative estimate of drug-likeness (QED) is 0.435. The molecule has 0 bridgehead atoms. The van der Waals surface area contributed by atoms with E-state index < -0.39 is 0 Å². The summed E-state index contributed by atoms with van der Waals surface area (Å²) in [6.45, 7) is 2.18. The summed E-state index contributed by atoms with van der Waals surface area (Å²) in [6.07, 6.45) is 0.313. The summed E-state index contributed by atoms with van der Waals surface area (Å²) in [5.74, 6) is 0.786. The molecular formula is C23H19N5O2S. The summed E-state index contributed by atoms with van der Waals surface area (Å²) in [6, 6.07) is 21.6. The minimum Gasteiger partial charge on any atom is -0.347 e. The molecule has 1 amide bonds. The van der Waals surface area contributed by atoms with E-state index in [1.165, 1.54) is 0 Å². The normalized spacial score (nSPS) is 11.1. The fraction of sp³-hybridized carbons (Fsp3) is 0.130. The summed E-state index contributed by atoms with van der Waals surface area (Å²) in [4.78, 5) is 18.5. The molecule has 2 aromatic carbocycles. The smallest absolute Gasteiger partial charge is 0.246 e. The van der Waals surface area contributed by atoms with E-state index in [1.807, 2.05) is 78.3 Å². The Morgan fingerprint density at radius 3 is 2.61 bits per heavy atom. The highest BCUT2D eigenvalue weighted by atomic mass is 32.1. The molecular weight excluding hydrogens is 410 g/mol. The molecule has 0 aliphatic rings. The number of carbonyl (C=O) groups excluding carboxylic acids is 1. The number of aromatic nitrogens is 4. The maximum absolute atomic E-state index is 12.1. The summed E-state index contributed by atoms with van der Waals surface area (Å²) in [5.41, 5.74) is 2.90. The monoisotopic (exact) mass is 429 g/mol. The van der Waals surface area contributed by atoms with Crippen LogP contribution in [-0.2, 0) is 17.8 Å². The molecule has 0 radical (unpaired) electrons. The topological polar surface area (TPSA) is 85.8 Å². The third-order valence-corrected chi connectivity index (χ3v) is 5.98. The number of aryl methyl sites for hydroxylation is 1. The average molecular weight is 430 g/mol. The zero-order valence-electron chi connectivity index (χ0n) is 16.8. The third-order valence-electron chi connectivity index (χ3n) is 4.88. The van der Waals surface area contributed by atoms with Crippen molar-refractivity contribution in [3.8, 4) is 16.4 Å².